The smallest absolute Gasteiger partial charge is 0.290 e. The van der Waals surface area contributed by atoms with Gasteiger partial charge in [0.15, 0.2) is 0 Å². The molecule has 2 heterocycles. The summed E-state index contributed by atoms with van der Waals surface area (Å²) in [5.74, 6) is 0.569. The Morgan fingerprint density at radius 3 is 2.90 bits per heavy atom. The summed E-state index contributed by atoms with van der Waals surface area (Å²) in [6, 6.07) is 10.9. The van der Waals surface area contributed by atoms with Crippen LogP contribution >= 0.6 is 11.8 Å². The Kier molecular flexibility index (Phi) is 6.93. The van der Waals surface area contributed by atoms with Gasteiger partial charge in [0.25, 0.3) is 5.91 Å². The third-order valence-corrected chi connectivity index (χ3v) is 6.88. The molecule has 2 aromatic rings. The van der Waals surface area contributed by atoms with Crippen LogP contribution in [0.25, 0.3) is 0 Å². The molecular weight excluding hydrogens is 382 g/mol. The molecule has 0 spiro atoms. The summed E-state index contributed by atoms with van der Waals surface area (Å²) in [4.78, 5) is 16.3. The summed E-state index contributed by atoms with van der Waals surface area (Å²) >= 11 is 1.78. The topological polar surface area (TPSA) is 58.4 Å². The fourth-order valence-corrected chi connectivity index (χ4v) is 5.05. The average Bonchev–Trinajstić information content (AvgIpc) is 3.25. The van der Waals surface area contributed by atoms with Crippen molar-refractivity contribution in [3.05, 3.63) is 47.3 Å². The molecule has 2 fully saturated rings. The first kappa shape index (κ1) is 20.5. The van der Waals surface area contributed by atoms with E-state index in [9.17, 15) is 4.79 Å². The normalized spacial score (nSPS) is 21.2. The summed E-state index contributed by atoms with van der Waals surface area (Å²) in [6.45, 7) is 3.02. The number of rotatable bonds is 6. The van der Waals surface area contributed by atoms with Crippen LogP contribution < -0.4 is 5.32 Å². The monoisotopic (exact) mass is 413 g/mol. The molecule has 1 aromatic heterocycles. The van der Waals surface area contributed by atoms with Crippen LogP contribution in [0.3, 0.4) is 0 Å². The number of carbonyl (C=O) groups is 1. The van der Waals surface area contributed by atoms with E-state index < -0.39 is 0 Å². The Balaban J connectivity index is 1.35. The van der Waals surface area contributed by atoms with Crippen LogP contribution in [0.2, 0.25) is 0 Å². The number of nitrogens with one attached hydrogen (secondary N) is 1. The molecule has 29 heavy (non-hydrogen) atoms. The Hall–Kier alpha value is -1.79. The van der Waals surface area contributed by atoms with E-state index in [1.807, 2.05) is 6.07 Å². The van der Waals surface area contributed by atoms with Crippen LogP contribution in [0.4, 0.5) is 0 Å². The number of piperidine rings is 1. The third-order valence-electron chi connectivity index (χ3n) is 6.16. The molecule has 1 N–H and O–H groups in total. The quantitative estimate of drug-likeness (QED) is 0.687. The van der Waals surface area contributed by atoms with Gasteiger partial charge in [-0.2, -0.15) is 0 Å². The number of likely N-dealkylation sites (tertiary alicyclic amines) is 1. The van der Waals surface area contributed by atoms with Crippen molar-refractivity contribution in [1.82, 2.24) is 15.4 Å². The van der Waals surface area contributed by atoms with Crippen molar-refractivity contribution < 1.29 is 9.32 Å². The molecule has 156 valence electrons. The maximum absolute atomic E-state index is 12.5. The molecule has 1 aromatic carbocycles. The lowest BCUT2D eigenvalue weighted by atomic mass is 9.94. The lowest BCUT2D eigenvalue weighted by Crippen LogP contribution is -2.36. The van der Waals surface area contributed by atoms with Gasteiger partial charge in [-0.1, -0.05) is 36.6 Å². The van der Waals surface area contributed by atoms with Crippen LogP contribution in [0.1, 0.15) is 72.7 Å². The molecule has 1 saturated heterocycles. The summed E-state index contributed by atoms with van der Waals surface area (Å²) in [7, 11) is 0. The van der Waals surface area contributed by atoms with Gasteiger partial charge >= 0.3 is 0 Å². The van der Waals surface area contributed by atoms with Crippen LogP contribution in [0.15, 0.2) is 39.8 Å². The Morgan fingerprint density at radius 2 is 2.07 bits per heavy atom. The lowest BCUT2D eigenvalue weighted by molar-refractivity contribution is 0.0890. The van der Waals surface area contributed by atoms with E-state index in [1.165, 1.54) is 29.7 Å². The molecule has 1 unspecified atom stereocenters. The highest BCUT2D eigenvalue weighted by molar-refractivity contribution is 7.98. The SMILES string of the molecule is CSc1cccc(CN2CCCC(c3cc(C(=O)NC4CCCCC4)on3)C2)c1. The van der Waals surface area contributed by atoms with Gasteiger partial charge in [0.2, 0.25) is 5.76 Å². The molecule has 1 aliphatic carbocycles. The number of hydrogen-bond acceptors (Lipinski definition) is 5. The predicted octanol–water partition coefficient (Wildman–Crippen LogP) is 4.84. The van der Waals surface area contributed by atoms with Gasteiger partial charge in [-0.3, -0.25) is 9.69 Å². The van der Waals surface area contributed by atoms with Gasteiger partial charge in [0.1, 0.15) is 0 Å². The molecule has 0 radical (unpaired) electrons. The highest BCUT2D eigenvalue weighted by Crippen LogP contribution is 2.28. The van der Waals surface area contributed by atoms with Gasteiger partial charge in [0, 0.05) is 36.0 Å². The van der Waals surface area contributed by atoms with E-state index in [0.29, 0.717) is 11.7 Å². The number of benzene rings is 1. The minimum atomic E-state index is -0.114. The van der Waals surface area contributed by atoms with E-state index in [4.69, 9.17) is 4.52 Å². The fraction of sp³-hybridized carbons (Fsp3) is 0.565. The number of hydrogen-bond donors (Lipinski definition) is 1. The van der Waals surface area contributed by atoms with Crippen molar-refractivity contribution in [2.75, 3.05) is 19.3 Å². The van der Waals surface area contributed by atoms with E-state index in [2.05, 4.69) is 45.9 Å². The number of nitrogens with zero attached hydrogens (tertiary/aromatic N) is 2. The molecule has 2 aliphatic rings. The highest BCUT2D eigenvalue weighted by Gasteiger charge is 2.26. The van der Waals surface area contributed by atoms with Gasteiger partial charge in [-0.25, -0.2) is 0 Å². The third kappa shape index (κ3) is 5.43. The summed E-state index contributed by atoms with van der Waals surface area (Å²) < 4.78 is 5.42. The minimum absolute atomic E-state index is 0.114. The van der Waals surface area contributed by atoms with Crippen LogP contribution in [-0.2, 0) is 6.54 Å². The molecule has 4 rings (SSSR count). The first-order chi connectivity index (χ1) is 14.2. The molecular formula is C23H31N3O2S. The number of amides is 1. The first-order valence-electron chi connectivity index (χ1n) is 10.8. The van der Waals surface area contributed by atoms with Gasteiger partial charge < -0.3 is 9.84 Å². The molecule has 1 saturated carbocycles. The van der Waals surface area contributed by atoms with Crippen molar-refractivity contribution in [1.29, 1.82) is 0 Å². The largest absolute Gasteiger partial charge is 0.351 e. The van der Waals surface area contributed by atoms with Crippen molar-refractivity contribution in [2.24, 2.45) is 0 Å². The first-order valence-corrected chi connectivity index (χ1v) is 12.1. The predicted molar refractivity (Wildman–Crippen MR) is 116 cm³/mol. The zero-order valence-electron chi connectivity index (χ0n) is 17.2. The zero-order chi connectivity index (χ0) is 20.1. The van der Waals surface area contributed by atoms with Crippen molar-refractivity contribution in [3.63, 3.8) is 0 Å². The standard InChI is InChI=1S/C23H31N3O2S/c1-29-20-11-5-7-17(13-20)15-26-12-6-8-18(16-26)21-14-22(28-25-21)23(27)24-19-9-3-2-4-10-19/h5,7,11,13-14,18-19H,2-4,6,8-10,12,15-16H2,1H3,(H,24,27). The molecule has 1 amide bonds. The summed E-state index contributed by atoms with van der Waals surface area (Å²) in [5.41, 5.74) is 2.27. The highest BCUT2D eigenvalue weighted by atomic mass is 32.2. The number of thioether (sulfide) groups is 1. The second-order valence-corrected chi connectivity index (χ2v) is 9.23. The maximum Gasteiger partial charge on any atom is 0.290 e. The summed E-state index contributed by atoms with van der Waals surface area (Å²) in [6.07, 6.45) is 10.2. The second kappa shape index (κ2) is 9.81. The maximum atomic E-state index is 12.5. The lowest BCUT2D eigenvalue weighted by Gasteiger charge is -2.31. The Labute approximate surface area is 177 Å². The summed E-state index contributed by atoms with van der Waals surface area (Å²) in [5, 5.41) is 7.38. The Bertz CT molecular complexity index is 816. The minimum Gasteiger partial charge on any atom is -0.351 e. The molecule has 6 heteroatoms. The fourth-order valence-electron chi connectivity index (χ4n) is 4.56. The number of aromatic nitrogens is 1. The van der Waals surface area contributed by atoms with Gasteiger partial charge in [-0.05, 0) is 56.2 Å². The van der Waals surface area contributed by atoms with E-state index in [0.717, 1.165) is 51.0 Å². The molecule has 1 atom stereocenters. The van der Waals surface area contributed by atoms with Crippen molar-refractivity contribution in [3.8, 4) is 0 Å². The molecule has 1 aliphatic heterocycles. The van der Waals surface area contributed by atoms with Gasteiger partial charge in [0.05, 0.1) is 5.69 Å². The van der Waals surface area contributed by atoms with Crippen LogP contribution in [0, 0.1) is 0 Å². The van der Waals surface area contributed by atoms with E-state index in [1.54, 1.807) is 11.8 Å². The Morgan fingerprint density at radius 1 is 1.21 bits per heavy atom. The van der Waals surface area contributed by atoms with Crippen LogP contribution in [-0.4, -0.2) is 41.4 Å². The van der Waals surface area contributed by atoms with Gasteiger partial charge in [-0.15, -0.1) is 11.8 Å². The van der Waals surface area contributed by atoms with Crippen molar-refractivity contribution >= 4 is 17.7 Å². The van der Waals surface area contributed by atoms with Crippen LogP contribution in [0.5, 0.6) is 0 Å². The molecule has 0 bridgehead atoms. The number of carbonyl (C=O) groups excluding carboxylic acids is 1. The average molecular weight is 414 g/mol. The second-order valence-electron chi connectivity index (χ2n) is 8.35. The van der Waals surface area contributed by atoms with Crippen molar-refractivity contribution in [2.45, 2.75) is 68.3 Å². The van der Waals surface area contributed by atoms with E-state index >= 15 is 0 Å². The van der Waals surface area contributed by atoms with E-state index in [-0.39, 0.29) is 11.9 Å². The molecule has 5 nitrogen and oxygen atoms in total. The zero-order valence-corrected chi connectivity index (χ0v) is 18.0.